The third-order valence-corrected chi connectivity index (χ3v) is 7.29. The number of benzene rings is 3. The van der Waals surface area contributed by atoms with Crippen LogP contribution in [0.25, 0.3) is 16.9 Å². The first-order valence-electron chi connectivity index (χ1n) is 14.9. The fourth-order valence-corrected chi connectivity index (χ4v) is 5.15. The Hall–Kier alpha value is -4.65. The van der Waals surface area contributed by atoms with Crippen LogP contribution in [0.3, 0.4) is 0 Å². The molecule has 1 aliphatic rings. The third-order valence-electron chi connectivity index (χ3n) is 7.29. The van der Waals surface area contributed by atoms with Crippen molar-refractivity contribution in [2.45, 2.75) is 45.4 Å². The Morgan fingerprint density at radius 3 is 2.48 bits per heavy atom. The van der Waals surface area contributed by atoms with Crippen LogP contribution in [0.15, 0.2) is 72.8 Å². The molecule has 0 radical (unpaired) electrons. The molecule has 10 nitrogen and oxygen atoms in total. The van der Waals surface area contributed by atoms with Gasteiger partial charge in [-0.2, -0.15) is 10.2 Å². The van der Waals surface area contributed by atoms with Gasteiger partial charge in [0.25, 0.3) is 0 Å². The number of carbonyl (C=O) groups excluding carboxylic acids is 2. The minimum Gasteiger partial charge on any atom is -0.456 e. The molecule has 2 heterocycles. The summed E-state index contributed by atoms with van der Waals surface area (Å²) in [4.78, 5) is 32.4. The number of hydrogen-bond acceptors (Lipinski definition) is 7. The van der Waals surface area contributed by atoms with E-state index in [-0.39, 0.29) is 6.54 Å². The van der Waals surface area contributed by atoms with E-state index >= 15 is 0 Å². The summed E-state index contributed by atoms with van der Waals surface area (Å²) in [6, 6.07) is 18.6. The lowest BCUT2D eigenvalue weighted by atomic mass is 10.0. The standard InChI is InChI=1S/C34H37F2N5O5/c1-21-29(22-10-9-11-24(18-22)32(42)45-34(2,3)4)39-41(25-12-7-6-8-13-25)31(21)38-33(43)37-28-20-40(16-17-44-5)46-30(28)23-14-15-26(35)27(36)19-23/h6-15,18-19,28,30H,16-17,20H2,1-5H3,(H2,37,38,43)/t28-,30+/m1/s1. The Labute approximate surface area is 266 Å². The summed E-state index contributed by atoms with van der Waals surface area (Å²) >= 11 is 0. The average Bonchev–Trinajstić information content (AvgIpc) is 3.57. The number of nitrogens with zero attached hydrogens (tertiary/aromatic N) is 3. The highest BCUT2D eigenvalue weighted by atomic mass is 19.2. The molecule has 0 unspecified atom stereocenters. The van der Waals surface area contributed by atoms with Crippen LogP contribution in [0.4, 0.5) is 19.4 Å². The zero-order chi connectivity index (χ0) is 33.0. The molecule has 0 bridgehead atoms. The number of nitrogens with one attached hydrogen (secondary N) is 2. The van der Waals surface area contributed by atoms with E-state index in [1.165, 1.54) is 6.07 Å². The molecule has 4 aromatic rings. The zero-order valence-corrected chi connectivity index (χ0v) is 26.3. The maximum Gasteiger partial charge on any atom is 0.338 e. The number of hydrogen-bond donors (Lipinski definition) is 2. The molecule has 0 aliphatic carbocycles. The third kappa shape index (κ3) is 7.58. The van der Waals surface area contributed by atoms with Crippen LogP contribution < -0.4 is 10.6 Å². The number of para-hydroxylation sites is 1. The number of urea groups is 1. The predicted octanol–water partition coefficient (Wildman–Crippen LogP) is 6.21. The second-order valence-electron chi connectivity index (χ2n) is 11.9. The van der Waals surface area contributed by atoms with Crippen LogP contribution in [-0.4, -0.2) is 65.3 Å². The van der Waals surface area contributed by atoms with Gasteiger partial charge in [-0.05, 0) is 69.7 Å². The number of hydroxylamine groups is 2. The quantitative estimate of drug-likeness (QED) is 0.211. The SMILES string of the molecule is COCCN1C[C@@H](NC(=O)Nc2c(C)c(-c3cccc(C(=O)OC(C)(C)C)c3)nn2-c2ccccc2)[C@H](c2ccc(F)c(F)c2)O1. The minimum atomic E-state index is -1.01. The Kier molecular flexibility index (Phi) is 9.80. The van der Waals surface area contributed by atoms with Crippen molar-refractivity contribution in [2.75, 3.05) is 32.1 Å². The minimum absolute atomic E-state index is 0.278. The summed E-state index contributed by atoms with van der Waals surface area (Å²) < 4.78 is 40.2. The van der Waals surface area contributed by atoms with E-state index in [2.05, 4.69) is 10.6 Å². The number of carbonyl (C=O) groups is 2. The van der Waals surface area contributed by atoms with E-state index in [0.29, 0.717) is 52.6 Å². The second kappa shape index (κ2) is 13.8. The lowest BCUT2D eigenvalue weighted by molar-refractivity contribution is -0.154. The van der Waals surface area contributed by atoms with Gasteiger partial charge in [0.2, 0.25) is 0 Å². The largest absolute Gasteiger partial charge is 0.456 e. The molecule has 2 N–H and O–H groups in total. The molecule has 1 aromatic heterocycles. The van der Waals surface area contributed by atoms with Crippen molar-refractivity contribution >= 4 is 17.8 Å². The topological polar surface area (TPSA) is 107 Å². The van der Waals surface area contributed by atoms with Crippen molar-refractivity contribution in [3.05, 3.63) is 101 Å². The van der Waals surface area contributed by atoms with Gasteiger partial charge in [-0.1, -0.05) is 36.4 Å². The fourth-order valence-electron chi connectivity index (χ4n) is 5.15. The molecule has 2 amide bonds. The first-order chi connectivity index (χ1) is 21.9. The van der Waals surface area contributed by atoms with Crippen molar-refractivity contribution < 1.29 is 32.7 Å². The molecule has 1 saturated heterocycles. The first kappa shape index (κ1) is 32.7. The average molecular weight is 634 g/mol. The van der Waals surface area contributed by atoms with Gasteiger partial charge < -0.3 is 14.8 Å². The van der Waals surface area contributed by atoms with E-state index < -0.39 is 41.4 Å². The van der Waals surface area contributed by atoms with E-state index in [1.54, 1.807) is 55.8 Å². The van der Waals surface area contributed by atoms with E-state index in [9.17, 15) is 18.4 Å². The van der Waals surface area contributed by atoms with E-state index in [1.807, 2.05) is 43.3 Å². The molecule has 0 spiro atoms. The second-order valence-corrected chi connectivity index (χ2v) is 11.9. The summed E-state index contributed by atoms with van der Waals surface area (Å²) in [5, 5.41) is 12.3. The van der Waals surface area contributed by atoms with Crippen LogP contribution in [0.1, 0.15) is 48.4 Å². The lowest BCUT2D eigenvalue weighted by Gasteiger charge is -2.20. The number of aromatic nitrogens is 2. The maximum atomic E-state index is 14.1. The molecule has 3 aromatic carbocycles. The summed E-state index contributed by atoms with van der Waals surface area (Å²) in [5.41, 5.74) is 2.66. The predicted molar refractivity (Wildman–Crippen MR) is 168 cm³/mol. The normalized spacial score (nSPS) is 16.8. The van der Waals surface area contributed by atoms with Crippen molar-refractivity contribution in [2.24, 2.45) is 0 Å². The Morgan fingerprint density at radius 1 is 1.02 bits per heavy atom. The Morgan fingerprint density at radius 2 is 1.78 bits per heavy atom. The fraction of sp³-hybridized carbons (Fsp3) is 0.324. The van der Waals surface area contributed by atoms with Crippen molar-refractivity contribution in [3.63, 3.8) is 0 Å². The van der Waals surface area contributed by atoms with Gasteiger partial charge in [0.05, 0.1) is 29.6 Å². The van der Waals surface area contributed by atoms with E-state index in [0.717, 1.165) is 12.1 Å². The lowest BCUT2D eigenvalue weighted by Crippen LogP contribution is -2.42. The molecular weight excluding hydrogens is 596 g/mol. The molecule has 2 atom stereocenters. The van der Waals surface area contributed by atoms with Crippen molar-refractivity contribution in [1.29, 1.82) is 0 Å². The monoisotopic (exact) mass is 633 g/mol. The highest BCUT2D eigenvalue weighted by Gasteiger charge is 2.37. The van der Waals surface area contributed by atoms with Gasteiger partial charge in [-0.3, -0.25) is 10.2 Å². The number of halogens is 2. The summed E-state index contributed by atoms with van der Waals surface area (Å²) in [7, 11) is 1.56. The summed E-state index contributed by atoms with van der Waals surface area (Å²) in [6.45, 7) is 8.29. The molecule has 242 valence electrons. The molecule has 1 fully saturated rings. The number of rotatable bonds is 9. The number of anilines is 1. The summed E-state index contributed by atoms with van der Waals surface area (Å²) in [6.07, 6.45) is -0.774. The Bertz CT molecular complexity index is 1710. The van der Waals surface area contributed by atoms with Gasteiger partial charge in [0.15, 0.2) is 11.6 Å². The summed E-state index contributed by atoms with van der Waals surface area (Å²) in [5.74, 6) is -2.04. The van der Waals surface area contributed by atoms with Gasteiger partial charge in [0.1, 0.15) is 17.5 Å². The number of ether oxygens (including phenoxy) is 2. The van der Waals surface area contributed by atoms with Gasteiger partial charge in [-0.15, -0.1) is 0 Å². The smallest absolute Gasteiger partial charge is 0.338 e. The van der Waals surface area contributed by atoms with Gasteiger partial charge in [0, 0.05) is 31.3 Å². The molecule has 46 heavy (non-hydrogen) atoms. The van der Waals surface area contributed by atoms with Gasteiger partial charge >= 0.3 is 12.0 Å². The van der Waals surface area contributed by atoms with Crippen LogP contribution in [0.5, 0.6) is 0 Å². The highest BCUT2D eigenvalue weighted by Crippen LogP contribution is 2.33. The number of methoxy groups -OCH3 is 1. The molecule has 5 rings (SSSR count). The molecular formula is C34H37F2N5O5. The Balaban J connectivity index is 1.44. The highest BCUT2D eigenvalue weighted by molar-refractivity contribution is 5.93. The molecule has 1 aliphatic heterocycles. The molecule has 12 heteroatoms. The van der Waals surface area contributed by atoms with Crippen molar-refractivity contribution in [1.82, 2.24) is 20.2 Å². The number of esters is 1. The van der Waals surface area contributed by atoms with E-state index in [4.69, 9.17) is 19.4 Å². The first-order valence-corrected chi connectivity index (χ1v) is 14.9. The zero-order valence-electron chi connectivity index (χ0n) is 26.3. The van der Waals surface area contributed by atoms with Crippen LogP contribution >= 0.6 is 0 Å². The molecule has 0 saturated carbocycles. The number of amides is 2. The van der Waals surface area contributed by atoms with Crippen molar-refractivity contribution in [3.8, 4) is 16.9 Å². The van der Waals surface area contributed by atoms with Crippen LogP contribution in [0, 0.1) is 18.6 Å². The van der Waals surface area contributed by atoms with Gasteiger partial charge in [-0.25, -0.2) is 23.1 Å². The van der Waals surface area contributed by atoms with Crippen LogP contribution in [0.2, 0.25) is 0 Å². The van der Waals surface area contributed by atoms with Crippen LogP contribution in [-0.2, 0) is 14.3 Å². The maximum absolute atomic E-state index is 14.1.